The van der Waals surface area contributed by atoms with Gasteiger partial charge in [0.1, 0.15) is 5.82 Å². The van der Waals surface area contributed by atoms with Gasteiger partial charge in [0, 0.05) is 16.6 Å². The molecule has 2 rings (SSSR count). The Morgan fingerprint density at radius 1 is 1.44 bits per heavy atom. The number of aromatic nitrogens is 3. The van der Waals surface area contributed by atoms with Crippen LogP contribution >= 0.6 is 11.8 Å². The lowest BCUT2D eigenvalue weighted by Crippen LogP contribution is -2.19. The summed E-state index contributed by atoms with van der Waals surface area (Å²) in [6.45, 7) is 3.75. The lowest BCUT2D eigenvalue weighted by Gasteiger charge is -2.08. The van der Waals surface area contributed by atoms with E-state index in [9.17, 15) is 9.18 Å². The van der Waals surface area contributed by atoms with Crippen LogP contribution in [0, 0.1) is 5.82 Å². The first-order chi connectivity index (χ1) is 8.47. The second kappa shape index (κ2) is 4.85. The first-order valence-electron chi connectivity index (χ1n) is 5.38. The van der Waals surface area contributed by atoms with E-state index in [1.807, 2.05) is 13.8 Å². The zero-order valence-electron chi connectivity index (χ0n) is 9.98. The van der Waals surface area contributed by atoms with Gasteiger partial charge in [0.05, 0.1) is 0 Å². The van der Waals surface area contributed by atoms with Crippen LogP contribution in [0.5, 0.6) is 0 Å². The molecule has 0 aliphatic rings. The second-order valence-corrected chi connectivity index (χ2v) is 5.14. The van der Waals surface area contributed by atoms with Crippen molar-refractivity contribution in [3.63, 3.8) is 0 Å². The molecular formula is C11H13FN4OS. The Labute approximate surface area is 107 Å². The summed E-state index contributed by atoms with van der Waals surface area (Å²) < 4.78 is 14.7. The minimum Gasteiger partial charge on any atom is -0.399 e. The molecule has 5 nitrogen and oxygen atoms in total. The summed E-state index contributed by atoms with van der Waals surface area (Å²) in [6.07, 6.45) is 0. The number of rotatable bonds is 3. The zero-order chi connectivity index (χ0) is 13.3. The minimum atomic E-state index is -0.411. The number of nitrogens with zero attached hydrogens (tertiary/aromatic N) is 2. The minimum absolute atomic E-state index is 0.0235. The van der Waals surface area contributed by atoms with Gasteiger partial charge >= 0.3 is 5.69 Å². The topological polar surface area (TPSA) is 76.7 Å². The van der Waals surface area contributed by atoms with Crippen molar-refractivity contribution in [2.24, 2.45) is 0 Å². The number of halogens is 1. The third-order valence-corrected chi connectivity index (χ3v) is 3.23. The molecule has 0 radical (unpaired) electrons. The Morgan fingerprint density at radius 2 is 2.17 bits per heavy atom. The van der Waals surface area contributed by atoms with Gasteiger partial charge < -0.3 is 5.73 Å². The average molecular weight is 268 g/mol. The largest absolute Gasteiger partial charge is 0.399 e. The highest BCUT2D eigenvalue weighted by atomic mass is 32.2. The van der Waals surface area contributed by atoms with Gasteiger partial charge in [-0.15, -0.1) is 5.10 Å². The van der Waals surface area contributed by atoms with Crippen molar-refractivity contribution in [1.82, 2.24) is 14.8 Å². The van der Waals surface area contributed by atoms with Crippen LogP contribution in [0.3, 0.4) is 0 Å². The smallest absolute Gasteiger partial charge is 0.344 e. The lowest BCUT2D eigenvalue weighted by atomic mass is 10.3. The van der Waals surface area contributed by atoms with Crippen molar-refractivity contribution in [3.8, 4) is 0 Å². The van der Waals surface area contributed by atoms with E-state index in [-0.39, 0.29) is 11.7 Å². The number of anilines is 1. The predicted octanol–water partition coefficient (Wildman–Crippen LogP) is 2.02. The highest BCUT2D eigenvalue weighted by Crippen LogP contribution is 2.28. The monoisotopic (exact) mass is 268 g/mol. The maximum Gasteiger partial charge on any atom is 0.344 e. The van der Waals surface area contributed by atoms with Crippen LogP contribution < -0.4 is 11.4 Å². The summed E-state index contributed by atoms with van der Waals surface area (Å²) >= 11 is 1.19. The Balaban J connectivity index is 2.37. The second-order valence-electron chi connectivity index (χ2n) is 4.10. The Hall–Kier alpha value is -1.76. The molecule has 0 aliphatic heterocycles. The Morgan fingerprint density at radius 3 is 2.78 bits per heavy atom. The van der Waals surface area contributed by atoms with E-state index in [4.69, 9.17) is 5.73 Å². The van der Waals surface area contributed by atoms with Crippen LogP contribution in [0.2, 0.25) is 0 Å². The highest BCUT2D eigenvalue weighted by molar-refractivity contribution is 7.99. The number of benzene rings is 1. The van der Waals surface area contributed by atoms with Crippen molar-refractivity contribution in [2.45, 2.75) is 29.9 Å². The lowest BCUT2D eigenvalue weighted by molar-refractivity contribution is 0.534. The van der Waals surface area contributed by atoms with Crippen molar-refractivity contribution >= 4 is 17.4 Å². The van der Waals surface area contributed by atoms with E-state index in [0.717, 1.165) is 0 Å². The van der Waals surface area contributed by atoms with Gasteiger partial charge in [-0.1, -0.05) is 0 Å². The number of H-pyrrole nitrogens is 1. The molecule has 0 aliphatic carbocycles. The number of hydrogen-bond acceptors (Lipinski definition) is 4. The number of aromatic amines is 1. The molecule has 7 heteroatoms. The van der Waals surface area contributed by atoms with Crippen LogP contribution in [-0.2, 0) is 0 Å². The summed E-state index contributed by atoms with van der Waals surface area (Å²) in [4.78, 5) is 12.1. The van der Waals surface area contributed by atoms with Crippen molar-refractivity contribution in [2.75, 3.05) is 5.73 Å². The average Bonchev–Trinajstić information content (AvgIpc) is 2.57. The molecule has 1 heterocycles. The number of nitrogen functional groups attached to an aromatic ring is 1. The van der Waals surface area contributed by atoms with Crippen LogP contribution in [0.4, 0.5) is 10.1 Å². The number of hydrogen-bond donors (Lipinski definition) is 2. The number of nitrogens with two attached hydrogens (primary N) is 1. The van der Waals surface area contributed by atoms with Gasteiger partial charge in [-0.3, -0.25) is 4.57 Å². The molecule has 1 aromatic heterocycles. The van der Waals surface area contributed by atoms with E-state index >= 15 is 0 Å². The van der Waals surface area contributed by atoms with Crippen molar-refractivity contribution in [1.29, 1.82) is 0 Å². The number of nitrogens with one attached hydrogen (secondary N) is 1. The van der Waals surface area contributed by atoms with Crippen LogP contribution in [-0.4, -0.2) is 14.8 Å². The zero-order valence-corrected chi connectivity index (χ0v) is 10.8. The molecule has 0 spiro atoms. The molecule has 0 amide bonds. The quantitative estimate of drug-likeness (QED) is 0.835. The molecule has 1 aromatic carbocycles. The Bertz CT molecular complexity index is 599. The molecule has 0 bridgehead atoms. The molecule has 0 saturated heterocycles. The first-order valence-corrected chi connectivity index (χ1v) is 6.20. The van der Waals surface area contributed by atoms with E-state index in [1.54, 1.807) is 6.07 Å². The molecule has 2 aromatic rings. The van der Waals surface area contributed by atoms with Crippen LogP contribution in [0.15, 0.2) is 33.0 Å². The van der Waals surface area contributed by atoms with E-state index < -0.39 is 5.82 Å². The van der Waals surface area contributed by atoms with Crippen LogP contribution in [0.1, 0.15) is 19.9 Å². The Kier molecular flexibility index (Phi) is 3.42. The fraction of sp³-hybridized carbons (Fsp3) is 0.273. The molecular weight excluding hydrogens is 255 g/mol. The van der Waals surface area contributed by atoms with Gasteiger partial charge in [0.15, 0.2) is 5.16 Å². The van der Waals surface area contributed by atoms with Crippen molar-refractivity contribution in [3.05, 3.63) is 34.5 Å². The highest BCUT2D eigenvalue weighted by Gasteiger charge is 2.13. The molecule has 0 fully saturated rings. The normalized spacial score (nSPS) is 11.1. The standard InChI is InChI=1S/C11H13FN4OS/c1-6(2)16-10(17)14-15-11(16)18-9-4-7(12)3-8(13)5-9/h3-6H,13H2,1-2H3,(H,14,17). The molecule has 96 valence electrons. The predicted molar refractivity (Wildman–Crippen MR) is 68.2 cm³/mol. The summed E-state index contributed by atoms with van der Waals surface area (Å²) in [7, 11) is 0. The van der Waals surface area contributed by atoms with Gasteiger partial charge in [0.2, 0.25) is 0 Å². The summed E-state index contributed by atoms with van der Waals surface area (Å²) in [6, 6.07) is 4.21. The molecule has 18 heavy (non-hydrogen) atoms. The third-order valence-electron chi connectivity index (χ3n) is 2.29. The van der Waals surface area contributed by atoms with E-state index in [2.05, 4.69) is 10.2 Å². The fourth-order valence-electron chi connectivity index (χ4n) is 1.57. The fourth-order valence-corrected chi connectivity index (χ4v) is 2.63. The summed E-state index contributed by atoms with van der Waals surface area (Å²) in [5.74, 6) is -0.411. The molecule has 0 saturated carbocycles. The van der Waals surface area contributed by atoms with Gasteiger partial charge in [-0.2, -0.15) is 0 Å². The molecule has 0 atom stereocenters. The van der Waals surface area contributed by atoms with Gasteiger partial charge in [-0.25, -0.2) is 14.3 Å². The SMILES string of the molecule is CC(C)n1c(Sc2cc(N)cc(F)c2)n[nH]c1=O. The molecule has 0 unspecified atom stereocenters. The summed E-state index contributed by atoms with van der Waals surface area (Å²) in [5, 5.41) is 6.78. The van der Waals surface area contributed by atoms with Crippen LogP contribution in [0.25, 0.3) is 0 Å². The maximum atomic E-state index is 13.2. The van der Waals surface area contributed by atoms with Gasteiger partial charge in [0.25, 0.3) is 0 Å². The van der Waals surface area contributed by atoms with Crippen molar-refractivity contribution < 1.29 is 4.39 Å². The van der Waals surface area contributed by atoms with E-state index in [0.29, 0.717) is 15.7 Å². The molecule has 3 N–H and O–H groups in total. The summed E-state index contributed by atoms with van der Waals surface area (Å²) in [5.41, 5.74) is 5.62. The van der Waals surface area contributed by atoms with Gasteiger partial charge in [-0.05, 0) is 43.8 Å². The maximum absolute atomic E-state index is 13.2. The first kappa shape index (κ1) is 12.7. The van der Waals surface area contributed by atoms with E-state index in [1.165, 1.54) is 28.5 Å². The third kappa shape index (κ3) is 2.56.